The molecule has 0 aliphatic heterocycles. The largest absolute Gasteiger partial charge is 0.389 e. The van der Waals surface area contributed by atoms with Crippen LogP contribution in [0, 0.1) is 13.8 Å². The number of aromatic nitrogens is 3. The molecule has 3 aromatic rings. The summed E-state index contributed by atoms with van der Waals surface area (Å²) in [7, 11) is 0. The summed E-state index contributed by atoms with van der Waals surface area (Å²) < 4.78 is 0. The van der Waals surface area contributed by atoms with E-state index in [0.717, 1.165) is 28.3 Å². The zero-order chi connectivity index (χ0) is 22.3. The van der Waals surface area contributed by atoms with E-state index in [0.29, 0.717) is 17.1 Å². The Morgan fingerprint density at radius 2 is 1.47 bits per heavy atom. The van der Waals surface area contributed by atoms with E-state index >= 15 is 0 Å². The number of nitrogens with zero attached hydrogens (tertiary/aromatic N) is 2. The van der Waals surface area contributed by atoms with E-state index < -0.39 is 0 Å². The van der Waals surface area contributed by atoms with Crippen molar-refractivity contribution in [2.45, 2.75) is 53.6 Å². The zero-order valence-electron chi connectivity index (χ0n) is 18.6. The normalized spacial score (nSPS) is 10.5. The van der Waals surface area contributed by atoms with E-state index in [4.69, 9.17) is 18.0 Å². The third-order valence-corrected chi connectivity index (χ3v) is 4.27. The van der Waals surface area contributed by atoms with Gasteiger partial charge in [-0.2, -0.15) is 5.10 Å². The molecule has 5 N–H and O–H groups in total. The average molecular weight is 425 g/mol. The van der Waals surface area contributed by atoms with Gasteiger partial charge in [0.25, 0.3) is 0 Å². The summed E-state index contributed by atoms with van der Waals surface area (Å²) in [6, 6.07) is 13.2. The van der Waals surface area contributed by atoms with Gasteiger partial charge >= 0.3 is 0 Å². The van der Waals surface area contributed by atoms with Crippen LogP contribution in [0.25, 0.3) is 11.4 Å². The van der Waals surface area contributed by atoms with Crippen molar-refractivity contribution >= 4 is 28.6 Å². The summed E-state index contributed by atoms with van der Waals surface area (Å²) in [4.78, 5) is 4.60. The first-order valence-corrected chi connectivity index (χ1v) is 10.5. The minimum atomic E-state index is 0.413. The summed E-state index contributed by atoms with van der Waals surface area (Å²) in [6.45, 7) is 12.6. The number of nitrogens with one attached hydrogen (secondary N) is 3. The lowest BCUT2D eigenvalue weighted by molar-refractivity contribution is 0.899. The van der Waals surface area contributed by atoms with Crippen molar-refractivity contribution in [3.05, 3.63) is 59.4 Å². The summed E-state index contributed by atoms with van der Waals surface area (Å²) in [5.41, 5.74) is 12.1. The average Bonchev–Trinajstić information content (AvgIpc) is 3.14. The molecule has 0 aliphatic rings. The van der Waals surface area contributed by atoms with E-state index in [1.165, 1.54) is 17.5 Å². The molecule has 7 heteroatoms. The summed E-state index contributed by atoms with van der Waals surface area (Å²) in [5.74, 6) is 0.801. The van der Waals surface area contributed by atoms with Crippen molar-refractivity contribution in [1.29, 1.82) is 0 Å². The van der Waals surface area contributed by atoms with Gasteiger partial charge in [0, 0.05) is 34.6 Å². The maximum Gasteiger partial charge on any atom is 0.155 e. The van der Waals surface area contributed by atoms with Crippen LogP contribution in [0.5, 0.6) is 0 Å². The number of aromatic amines is 1. The second-order valence-electron chi connectivity index (χ2n) is 7.97. The fraction of sp³-hybridized carbons (Fsp3) is 0.348. The van der Waals surface area contributed by atoms with Crippen molar-refractivity contribution in [1.82, 2.24) is 15.2 Å². The molecule has 0 spiro atoms. The van der Waals surface area contributed by atoms with E-state index in [2.05, 4.69) is 84.7 Å². The predicted octanol–water partition coefficient (Wildman–Crippen LogP) is 5.05. The van der Waals surface area contributed by atoms with Crippen LogP contribution in [-0.2, 0) is 0 Å². The van der Waals surface area contributed by atoms with E-state index in [1.54, 1.807) is 0 Å². The van der Waals surface area contributed by atoms with Crippen LogP contribution in [0.15, 0.2) is 42.7 Å². The van der Waals surface area contributed by atoms with Crippen LogP contribution >= 0.6 is 12.2 Å². The lowest BCUT2D eigenvalue weighted by Crippen LogP contribution is -2.13. The Bertz CT molecular complexity index is 964. The summed E-state index contributed by atoms with van der Waals surface area (Å²) in [6.07, 6.45) is 1.52. The van der Waals surface area contributed by atoms with Gasteiger partial charge < -0.3 is 16.4 Å². The van der Waals surface area contributed by atoms with Crippen molar-refractivity contribution < 1.29 is 0 Å². The molecule has 0 fully saturated rings. The Hall–Kier alpha value is -2.93. The minimum absolute atomic E-state index is 0.413. The standard InChI is InChI=1S/C12H16N4.C11H16N2S/c1-8(2)15-11-5-9(3)4-10(6-11)12-13-7-14-16-12;1-7(2)13-10-5-8(3)4-9(6-10)11(12)14/h4-8,15H,1-3H3,(H,13,14,16);4-7,13H,1-3H3,(H2,12,14). The summed E-state index contributed by atoms with van der Waals surface area (Å²) >= 11 is 4.94. The molecule has 1 heterocycles. The Morgan fingerprint density at radius 1 is 0.900 bits per heavy atom. The molecular formula is C23H32N6S. The van der Waals surface area contributed by atoms with Gasteiger partial charge in [0.2, 0.25) is 0 Å². The monoisotopic (exact) mass is 424 g/mol. The van der Waals surface area contributed by atoms with Crippen LogP contribution in [0.3, 0.4) is 0 Å². The molecule has 0 unspecified atom stereocenters. The maximum atomic E-state index is 5.59. The number of thiocarbonyl (C=S) groups is 1. The second kappa shape index (κ2) is 10.7. The van der Waals surface area contributed by atoms with Gasteiger partial charge in [0.05, 0.1) is 0 Å². The fourth-order valence-corrected chi connectivity index (χ4v) is 3.14. The van der Waals surface area contributed by atoms with Gasteiger partial charge in [-0.1, -0.05) is 12.2 Å². The molecule has 3 rings (SSSR count). The van der Waals surface area contributed by atoms with Gasteiger partial charge in [-0.05, 0) is 89.1 Å². The first-order chi connectivity index (χ1) is 14.1. The number of H-pyrrole nitrogens is 1. The van der Waals surface area contributed by atoms with E-state index in [9.17, 15) is 0 Å². The van der Waals surface area contributed by atoms with E-state index in [-0.39, 0.29) is 0 Å². The van der Waals surface area contributed by atoms with Gasteiger partial charge in [-0.15, -0.1) is 0 Å². The Labute approximate surface area is 184 Å². The molecule has 30 heavy (non-hydrogen) atoms. The number of anilines is 2. The molecule has 0 amide bonds. The van der Waals surface area contributed by atoms with Crippen LogP contribution in [0.4, 0.5) is 11.4 Å². The van der Waals surface area contributed by atoms with Crippen molar-refractivity contribution in [2.24, 2.45) is 5.73 Å². The van der Waals surface area contributed by atoms with Gasteiger partial charge in [0.15, 0.2) is 5.82 Å². The van der Waals surface area contributed by atoms with Crippen LogP contribution in [0.1, 0.15) is 44.4 Å². The Balaban J connectivity index is 0.000000216. The zero-order valence-corrected chi connectivity index (χ0v) is 19.4. The topological polar surface area (TPSA) is 91.6 Å². The maximum absolute atomic E-state index is 5.59. The third kappa shape index (κ3) is 7.48. The summed E-state index contributed by atoms with van der Waals surface area (Å²) in [5, 5.41) is 13.4. The molecule has 0 bridgehead atoms. The smallest absolute Gasteiger partial charge is 0.155 e. The van der Waals surface area contributed by atoms with Crippen LogP contribution in [0.2, 0.25) is 0 Å². The minimum Gasteiger partial charge on any atom is -0.389 e. The second-order valence-corrected chi connectivity index (χ2v) is 8.41. The number of hydrogen-bond acceptors (Lipinski definition) is 5. The number of rotatable bonds is 6. The highest BCUT2D eigenvalue weighted by atomic mass is 32.1. The molecular weight excluding hydrogens is 392 g/mol. The van der Waals surface area contributed by atoms with E-state index in [1.807, 2.05) is 19.1 Å². The number of aryl methyl sites for hydroxylation is 2. The predicted molar refractivity (Wildman–Crippen MR) is 131 cm³/mol. The van der Waals surface area contributed by atoms with Crippen molar-refractivity contribution in [3.63, 3.8) is 0 Å². The Morgan fingerprint density at radius 3 is 1.97 bits per heavy atom. The SMILES string of the molecule is Cc1cc(NC(C)C)cc(-c2ncn[nH]2)c1.Cc1cc(NC(C)C)cc(C(N)=S)c1. The quantitative estimate of drug-likeness (QED) is 0.414. The highest BCUT2D eigenvalue weighted by Gasteiger charge is 2.04. The lowest BCUT2D eigenvalue weighted by atomic mass is 10.1. The van der Waals surface area contributed by atoms with Crippen molar-refractivity contribution in [2.75, 3.05) is 10.6 Å². The Kier molecular flexibility index (Phi) is 8.35. The molecule has 2 aromatic carbocycles. The number of benzene rings is 2. The molecule has 0 aliphatic carbocycles. The highest BCUT2D eigenvalue weighted by molar-refractivity contribution is 7.80. The van der Waals surface area contributed by atoms with Crippen LogP contribution < -0.4 is 16.4 Å². The molecule has 0 saturated carbocycles. The van der Waals surface area contributed by atoms with Gasteiger partial charge in [-0.3, -0.25) is 5.10 Å². The molecule has 0 atom stereocenters. The first kappa shape index (κ1) is 23.3. The fourth-order valence-electron chi connectivity index (χ4n) is 3.02. The van der Waals surface area contributed by atoms with Gasteiger partial charge in [0.1, 0.15) is 11.3 Å². The third-order valence-electron chi connectivity index (χ3n) is 4.04. The number of hydrogen-bond donors (Lipinski definition) is 4. The highest BCUT2D eigenvalue weighted by Crippen LogP contribution is 2.22. The molecule has 6 nitrogen and oxygen atoms in total. The van der Waals surface area contributed by atoms with Crippen LogP contribution in [-0.4, -0.2) is 32.3 Å². The lowest BCUT2D eigenvalue weighted by Gasteiger charge is -2.12. The molecule has 1 aromatic heterocycles. The van der Waals surface area contributed by atoms with Gasteiger partial charge in [-0.25, -0.2) is 4.98 Å². The molecule has 0 saturated heterocycles. The van der Waals surface area contributed by atoms with Crippen molar-refractivity contribution in [3.8, 4) is 11.4 Å². The molecule has 160 valence electrons. The number of nitrogens with two attached hydrogens (primary N) is 1. The first-order valence-electron chi connectivity index (χ1n) is 10.1. The molecule has 0 radical (unpaired) electrons.